The lowest BCUT2D eigenvalue weighted by atomic mass is 10.1. The van der Waals surface area contributed by atoms with Crippen LogP contribution in [0.5, 0.6) is 0 Å². The summed E-state index contributed by atoms with van der Waals surface area (Å²) >= 11 is 0. The van der Waals surface area contributed by atoms with Gasteiger partial charge in [-0.1, -0.05) is 0 Å². The molecule has 0 aliphatic carbocycles. The molecule has 2 fully saturated rings. The van der Waals surface area contributed by atoms with Gasteiger partial charge < -0.3 is 29.1 Å². The lowest BCUT2D eigenvalue weighted by molar-refractivity contribution is -0.769. The molecule has 11 nitrogen and oxygen atoms in total. The van der Waals surface area contributed by atoms with E-state index in [1.165, 1.54) is 0 Å². The number of carbonyl (C=O) groups is 2. The molecule has 0 unspecified atom stereocenters. The molecular formula is C13H20N2O9. The maximum Gasteiger partial charge on any atom is 0.408 e. The van der Waals surface area contributed by atoms with Crippen LogP contribution in [-0.2, 0) is 28.6 Å². The summed E-state index contributed by atoms with van der Waals surface area (Å²) in [7, 11) is 0. The monoisotopic (exact) mass is 348 g/mol. The van der Waals surface area contributed by atoms with E-state index in [2.05, 4.69) is 10.2 Å². The third kappa shape index (κ3) is 4.93. The van der Waals surface area contributed by atoms with E-state index < -0.39 is 47.2 Å². The number of nitrogens with zero attached hydrogens (tertiary/aromatic N) is 1. The van der Waals surface area contributed by atoms with Crippen LogP contribution in [0.4, 0.5) is 4.79 Å². The van der Waals surface area contributed by atoms with Gasteiger partial charge in [0.05, 0.1) is 13.2 Å². The van der Waals surface area contributed by atoms with Crippen molar-refractivity contribution in [3.8, 4) is 0 Å². The quantitative estimate of drug-likeness (QED) is 0.407. The van der Waals surface area contributed by atoms with E-state index in [1.807, 2.05) is 0 Å². The van der Waals surface area contributed by atoms with E-state index in [0.717, 1.165) is 0 Å². The van der Waals surface area contributed by atoms with Crippen molar-refractivity contribution >= 4 is 12.1 Å². The average Bonchev–Trinajstić information content (AvgIpc) is 2.99. The van der Waals surface area contributed by atoms with Crippen LogP contribution in [-0.4, -0.2) is 66.9 Å². The van der Waals surface area contributed by atoms with Gasteiger partial charge in [-0.3, -0.25) is 4.79 Å². The first-order valence-electron chi connectivity index (χ1n) is 7.36. The highest BCUT2D eigenvalue weighted by Gasteiger charge is 2.51. The fourth-order valence-corrected chi connectivity index (χ4v) is 2.43. The number of ether oxygens (including phenoxy) is 4. The fourth-order valence-electron chi connectivity index (χ4n) is 2.43. The summed E-state index contributed by atoms with van der Waals surface area (Å²) in [6, 6.07) is 0. The highest BCUT2D eigenvalue weighted by Crippen LogP contribution is 2.30. The van der Waals surface area contributed by atoms with Gasteiger partial charge in [0.15, 0.2) is 12.2 Å². The molecule has 11 heteroatoms. The first-order valence-corrected chi connectivity index (χ1v) is 7.36. The number of hydrogen-bond donors (Lipinski definition) is 1. The van der Waals surface area contributed by atoms with Gasteiger partial charge in [0.1, 0.15) is 24.4 Å². The lowest BCUT2D eigenvalue weighted by Crippen LogP contribution is -2.40. The molecule has 0 spiro atoms. The van der Waals surface area contributed by atoms with E-state index in [1.54, 1.807) is 20.8 Å². The molecule has 1 N–H and O–H groups in total. The van der Waals surface area contributed by atoms with Gasteiger partial charge in [-0.25, -0.2) is 4.79 Å². The summed E-state index contributed by atoms with van der Waals surface area (Å²) in [5.41, 5.74) is -0.654. The molecule has 0 aromatic rings. The second kappa shape index (κ2) is 7.18. The van der Waals surface area contributed by atoms with Gasteiger partial charge in [-0.05, 0) is 20.8 Å². The van der Waals surface area contributed by atoms with Crippen molar-refractivity contribution in [1.82, 2.24) is 5.32 Å². The standard InChI is InChI=1S/C13H20N2O9/c1-13(2,3)23-9(16)4-14-12(17)22-7-5-20-11-8(24-15(18)19)6-21-10(7)11/h7-8,10-11H,4-6H2,1-3H3,(H,14,17)/t7-,8+,10-,11-/m1/s1. The molecule has 0 saturated carbocycles. The van der Waals surface area contributed by atoms with Crippen molar-refractivity contribution in [2.45, 2.75) is 50.8 Å². The van der Waals surface area contributed by atoms with Crippen LogP contribution < -0.4 is 5.32 Å². The van der Waals surface area contributed by atoms with Crippen molar-refractivity contribution in [2.24, 2.45) is 0 Å². The Kier molecular flexibility index (Phi) is 5.44. The molecule has 136 valence electrons. The van der Waals surface area contributed by atoms with Crippen molar-refractivity contribution < 1.29 is 38.5 Å². The first-order chi connectivity index (χ1) is 11.2. The Bertz CT molecular complexity index is 504. The van der Waals surface area contributed by atoms with Crippen LogP contribution in [0.2, 0.25) is 0 Å². The van der Waals surface area contributed by atoms with Crippen molar-refractivity contribution in [3.05, 3.63) is 10.1 Å². The molecule has 0 bridgehead atoms. The Morgan fingerprint density at radius 2 is 1.79 bits per heavy atom. The largest absolute Gasteiger partial charge is 0.459 e. The number of amides is 1. The van der Waals surface area contributed by atoms with Crippen LogP contribution in [0.15, 0.2) is 0 Å². The summed E-state index contributed by atoms with van der Waals surface area (Å²) in [5, 5.41) is 11.7. The van der Waals surface area contributed by atoms with E-state index in [0.29, 0.717) is 0 Å². The molecule has 2 aliphatic rings. The van der Waals surface area contributed by atoms with Gasteiger partial charge in [0.2, 0.25) is 0 Å². The van der Waals surface area contributed by atoms with Crippen LogP contribution >= 0.6 is 0 Å². The lowest BCUT2D eigenvalue weighted by Gasteiger charge is -2.20. The molecular weight excluding hydrogens is 328 g/mol. The zero-order valence-corrected chi connectivity index (χ0v) is 13.6. The molecule has 2 aliphatic heterocycles. The highest BCUT2D eigenvalue weighted by molar-refractivity contribution is 5.78. The van der Waals surface area contributed by atoms with Crippen LogP contribution in [0.3, 0.4) is 0 Å². The zero-order valence-electron chi connectivity index (χ0n) is 13.6. The van der Waals surface area contributed by atoms with Crippen molar-refractivity contribution in [2.75, 3.05) is 19.8 Å². The number of nitrogens with one attached hydrogen (secondary N) is 1. The smallest absolute Gasteiger partial charge is 0.408 e. The zero-order chi connectivity index (χ0) is 17.9. The molecule has 0 aromatic carbocycles. The number of alkyl carbamates (subject to hydrolysis) is 1. The topological polar surface area (TPSA) is 135 Å². The van der Waals surface area contributed by atoms with E-state index in [4.69, 9.17) is 18.9 Å². The van der Waals surface area contributed by atoms with Gasteiger partial charge in [0, 0.05) is 0 Å². The van der Waals surface area contributed by atoms with Crippen LogP contribution in [0.25, 0.3) is 0 Å². The molecule has 2 rings (SSSR count). The van der Waals surface area contributed by atoms with E-state index in [-0.39, 0.29) is 19.8 Å². The first kappa shape index (κ1) is 18.2. The molecule has 24 heavy (non-hydrogen) atoms. The summed E-state index contributed by atoms with van der Waals surface area (Å²) in [6.45, 7) is 4.77. The molecule has 2 heterocycles. The highest BCUT2D eigenvalue weighted by atomic mass is 17.0. The molecule has 1 amide bonds. The van der Waals surface area contributed by atoms with E-state index in [9.17, 15) is 19.7 Å². The minimum absolute atomic E-state index is 0.0206. The Hall–Kier alpha value is -2.14. The molecule has 0 radical (unpaired) electrons. The molecule has 2 saturated heterocycles. The van der Waals surface area contributed by atoms with Crippen molar-refractivity contribution in [1.29, 1.82) is 0 Å². The molecule has 4 atom stereocenters. The van der Waals surface area contributed by atoms with Gasteiger partial charge >= 0.3 is 12.1 Å². The Morgan fingerprint density at radius 1 is 1.21 bits per heavy atom. The van der Waals surface area contributed by atoms with Crippen molar-refractivity contribution in [3.63, 3.8) is 0 Å². The number of hydrogen-bond acceptors (Lipinski definition) is 9. The van der Waals surface area contributed by atoms with Gasteiger partial charge in [0.25, 0.3) is 5.09 Å². The van der Waals surface area contributed by atoms with Crippen LogP contribution in [0.1, 0.15) is 20.8 Å². The van der Waals surface area contributed by atoms with Crippen LogP contribution in [0, 0.1) is 10.1 Å². The number of carbonyl (C=O) groups excluding carboxylic acids is 2. The average molecular weight is 348 g/mol. The van der Waals surface area contributed by atoms with E-state index >= 15 is 0 Å². The predicted octanol–water partition coefficient (Wildman–Crippen LogP) is -0.203. The number of esters is 1. The summed E-state index contributed by atoms with van der Waals surface area (Å²) < 4.78 is 20.9. The summed E-state index contributed by atoms with van der Waals surface area (Å²) in [6.07, 6.45) is -3.77. The van der Waals surface area contributed by atoms with Gasteiger partial charge in [-0.15, -0.1) is 10.1 Å². The Labute approximate surface area is 137 Å². The third-order valence-electron chi connectivity index (χ3n) is 3.24. The number of rotatable bonds is 5. The summed E-state index contributed by atoms with van der Waals surface area (Å²) in [4.78, 5) is 38.1. The number of fused-ring (bicyclic) bond motifs is 1. The van der Waals surface area contributed by atoms with Gasteiger partial charge in [-0.2, -0.15) is 0 Å². The maximum atomic E-state index is 11.7. The summed E-state index contributed by atoms with van der Waals surface area (Å²) in [5.74, 6) is -0.600. The predicted molar refractivity (Wildman–Crippen MR) is 75.5 cm³/mol. The Morgan fingerprint density at radius 3 is 2.38 bits per heavy atom. The third-order valence-corrected chi connectivity index (χ3v) is 3.24. The normalized spacial score (nSPS) is 28.8. The second-order valence-corrected chi connectivity index (χ2v) is 6.35. The SMILES string of the molecule is CC(C)(C)OC(=O)CNC(=O)O[C@@H]1CO[C@H]2[C@@H]1OC[C@@H]2O[N+](=O)[O-]. The minimum Gasteiger partial charge on any atom is -0.459 e. The maximum absolute atomic E-state index is 11.7. The minimum atomic E-state index is -0.915. The fraction of sp³-hybridized carbons (Fsp3) is 0.846. The Balaban J connectivity index is 1.75. The molecule has 0 aromatic heterocycles. The second-order valence-electron chi connectivity index (χ2n) is 6.35.